The van der Waals surface area contributed by atoms with Gasteiger partial charge in [-0.2, -0.15) is 0 Å². The van der Waals surface area contributed by atoms with Crippen LogP contribution in [-0.4, -0.2) is 78.6 Å². The molecule has 0 saturated carbocycles. The van der Waals surface area contributed by atoms with Crippen molar-refractivity contribution in [3.8, 4) is 5.75 Å². The Morgan fingerprint density at radius 2 is 1.86 bits per heavy atom. The highest BCUT2D eigenvalue weighted by atomic mass is 127. The number of halogens is 1. The molecule has 0 amide bonds. The molecular formula is C20H37IN4O3. The summed E-state index contributed by atoms with van der Waals surface area (Å²) in [5.74, 6) is 1.70. The van der Waals surface area contributed by atoms with Gasteiger partial charge in [-0.3, -0.25) is 4.99 Å². The number of hydrogen-bond acceptors (Lipinski definition) is 5. The summed E-state index contributed by atoms with van der Waals surface area (Å²) < 4.78 is 16.0. The van der Waals surface area contributed by atoms with Crippen molar-refractivity contribution in [3.63, 3.8) is 0 Å². The fourth-order valence-corrected chi connectivity index (χ4v) is 2.63. The first-order valence-electron chi connectivity index (χ1n) is 9.52. The minimum absolute atomic E-state index is 0. The van der Waals surface area contributed by atoms with Crippen molar-refractivity contribution in [2.24, 2.45) is 4.99 Å². The lowest BCUT2D eigenvalue weighted by molar-refractivity contribution is 0.0698. The van der Waals surface area contributed by atoms with Crippen molar-refractivity contribution >= 4 is 29.9 Å². The summed E-state index contributed by atoms with van der Waals surface area (Å²) in [6.45, 7) is 6.29. The molecule has 0 heterocycles. The second-order valence-corrected chi connectivity index (χ2v) is 6.33. The smallest absolute Gasteiger partial charge is 0.191 e. The SMILES string of the molecule is CCNC(=NCC(c1ccccc1OC)N(C)C)NCCCOCCOC.I. The Morgan fingerprint density at radius 1 is 1.11 bits per heavy atom. The number of para-hydroxylation sites is 1. The zero-order valence-electron chi connectivity index (χ0n) is 17.9. The van der Waals surface area contributed by atoms with Gasteiger partial charge < -0.3 is 29.7 Å². The number of rotatable bonds is 13. The van der Waals surface area contributed by atoms with E-state index in [0.717, 1.165) is 36.8 Å². The van der Waals surface area contributed by atoms with E-state index < -0.39 is 0 Å². The van der Waals surface area contributed by atoms with E-state index in [0.29, 0.717) is 26.4 Å². The van der Waals surface area contributed by atoms with Crippen molar-refractivity contribution in [1.29, 1.82) is 0 Å². The van der Waals surface area contributed by atoms with E-state index >= 15 is 0 Å². The molecule has 0 aliphatic carbocycles. The number of nitrogens with zero attached hydrogens (tertiary/aromatic N) is 2. The van der Waals surface area contributed by atoms with Gasteiger partial charge in [-0.15, -0.1) is 24.0 Å². The number of hydrogen-bond donors (Lipinski definition) is 2. The van der Waals surface area contributed by atoms with E-state index in [2.05, 4.69) is 42.6 Å². The second-order valence-electron chi connectivity index (χ2n) is 6.33. The summed E-state index contributed by atoms with van der Waals surface area (Å²) in [6.07, 6.45) is 0.914. The van der Waals surface area contributed by atoms with Crippen molar-refractivity contribution in [3.05, 3.63) is 29.8 Å². The number of guanidine groups is 1. The molecular weight excluding hydrogens is 471 g/mol. The second kappa shape index (κ2) is 16.8. The van der Waals surface area contributed by atoms with Gasteiger partial charge in [-0.1, -0.05) is 18.2 Å². The van der Waals surface area contributed by atoms with E-state index in [9.17, 15) is 0 Å². The maximum Gasteiger partial charge on any atom is 0.191 e. The van der Waals surface area contributed by atoms with Gasteiger partial charge in [0, 0.05) is 32.4 Å². The van der Waals surface area contributed by atoms with Gasteiger partial charge in [-0.25, -0.2) is 0 Å². The highest BCUT2D eigenvalue weighted by Crippen LogP contribution is 2.28. The maximum absolute atomic E-state index is 5.52. The third kappa shape index (κ3) is 10.4. The molecule has 0 aliphatic rings. The topological polar surface area (TPSA) is 67.4 Å². The third-order valence-corrected chi connectivity index (χ3v) is 4.08. The first kappa shape index (κ1) is 26.9. The number of benzene rings is 1. The summed E-state index contributed by atoms with van der Waals surface area (Å²) >= 11 is 0. The van der Waals surface area contributed by atoms with Gasteiger partial charge in [0.05, 0.1) is 32.9 Å². The normalized spacial score (nSPS) is 12.4. The summed E-state index contributed by atoms with van der Waals surface area (Å²) in [4.78, 5) is 6.93. The van der Waals surface area contributed by atoms with Crippen LogP contribution in [0.1, 0.15) is 24.9 Å². The average Bonchev–Trinajstić information content (AvgIpc) is 2.67. The van der Waals surface area contributed by atoms with E-state index in [-0.39, 0.29) is 30.0 Å². The van der Waals surface area contributed by atoms with Crippen LogP contribution in [0.15, 0.2) is 29.3 Å². The lowest BCUT2D eigenvalue weighted by atomic mass is 10.0. The maximum atomic E-state index is 5.52. The Labute approximate surface area is 187 Å². The van der Waals surface area contributed by atoms with Gasteiger partial charge in [-0.05, 0) is 33.5 Å². The van der Waals surface area contributed by atoms with Crippen LogP contribution in [-0.2, 0) is 9.47 Å². The van der Waals surface area contributed by atoms with E-state index in [1.807, 2.05) is 18.2 Å². The van der Waals surface area contributed by atoms with Crippen LogP contribution in [0.3, 0.4) is 0 Å². The molecule has 2 N–H and O–H groups in total. The van der Waals surface area contributed by atoms with E-state index in [1.54, 1.807) is 14.2 Å². The number of nitrogens with one attached hydrogen (secondary N) is 2. The number of likely N-dealkylation sites (N-methyl/N-ethyl adjacent to an activating group) is 1. The van der Waals surface area contributed by atoms with E-state index in [1.165, 1.54) is 0 Å². The first-order valence-corrected chi connectivity index (χ1v) is 9.52. The molecule has 0 radical (unpaired) electrons. The molecule has 1 unspecified atom stereocenters. The Bertz CT molecular complexity index is 544. The summed E-state index contributed by atoms with van der Waals surface area (Å²) in [5, 5.41) is 6.66. The van der Waals surface area contributed by atoms with Crippen LogP contribution < -0.4 is 15.4 Å². The molecule has 1 atom stereocenters. The minimum Gasteiger partial charge on any atom is -0.496 e. The van der Waals surface area contributed by atoms with Gasteiger partial charge in [0.25, 0.3) is 0 Å². The molecule has 28 heavy (non-hydrogen) atoms. The largest absolute Gasteiger partial charge is 0.496 e. The summed E-state index contributed by atoms with van der Waals surface area (Å²) in [7, 11) is 7.50. The van der Waals surface area contributed by atoms with Crippen LogP contribution in [0.4, 0.5) is 0 Å². The molecule has 1 aromatic carbocycles. The summed E-state index contributed by atoms with van der Waals surface area (Å²) in [5.41, 5.74) is 1.14. The van der Waals surface area contributed by atoms with Gasteiger partial charge in [0.1, 0.15) is 5.75 Å². The molecule has 0 spiro atoms. The molecule has 162 valence electrons. The average molecular weight is 508 g/mol. The first-order chi connectivity index (χ1) is 13.1. The standard InChI is InChI=1S/C20H36N4O3.HI/c1-6-21-20(22-12-9-13-27-15-14-25-4)23-16-18(24(2)3)17-10-7-8-11-19(17)26-5;/h7-8,10-11,18H,6,9,12-16H2,1-5H3,(H2,21,22,23);1H. The zero-order valence-corrected chi connectivity index (χ0v) is 20.2. The predicted molar refractivity (Wildman–Crippen MR) is 126 cm³/mol. The van der Waals surface area contributed by atoms with Crippen molar-refractivity contribution in [1.82, 2.24) is 15.5 Å². The molecule has 0 aromatic heterocycles. The molecule has 0 bridgehead atoms. The van der Waals surface area contributed by atoms with Crippen LogP contribution in [0.25, 0.3) is 0 Å². The van der Waals surface area contributed by atoms with Crippen molar-refractivity contribution in [2.75, 3.05) is 67.8 Å². The van der Waals surface area contributed by atoms with E-state index in [4.69, 9.17) is 19.2 Å². The highest BCUT2D eigenvalue weighted by molar-refractivity contribution is 14.0. The van der Waals surface area contributed by atoms with Crippen LogP contribution in [0.2, 0.25) is 0 Å². The Morgan fingerprint density at radius 3 is 2.50 bits per heavy atom. The third-order valence-electron chi connectivity index (χ3n) is 4.08. The van der Waals surface area contributed by atoms with Crippen LogP contribution in [0.5, 0.6) is 5.75 Å². The van der Waals surface area contributed by atoms with Crippen LogP contribution >= 0.6 is 24.0 Å². The van der Waals surface area contributed by atoms with Crippen molar-refractivity contribution in [2.45, 2.75) is 19.4 Å². The fraction of sp³-hybridized carbons (Fsp3) is 0.650. The summed E-state index contributed by atoms with van der Waals surface area (Å²) in [6, 6.07) is 8.23. The molecule has 7 nitrogen and oxygen atoms in total. The highest BCUT2D eigenvalue weighted by Gasteiger charge is 2.18. The molecule has 1 aromatic rings. The minimum atomic E-state index is 0. The lowest BCUT2D eigenvalue weighted by Gasteiger charge is -2.25. The molecule has 8 heteroatoms. The van der Waals surface area contributed by atoms with Gasteiger partial charge in [0.2, 0.25) is 0 Å². The Balaban J connectivity index is 0.00000729. The molecule has 1 rings (SSSR count). The van der Waals surface area contributed by atoms with Gasteiger partial charge >= 0.3 is 0 Å². The fourth-order valence-electron chi connectivity index (χ4n) is 2.63. The monoisotopic (exact) mass is 508 g/mol. The van der Waals surface area contributed by atoms with Crippen LogP contribution in [0, 0.1) is 0 Å². The Kier molecular flexibility index (Phi) is 16.2. The molecule has 0 aliphatic heterocycles. The predicted octanol–water partition coefficient (Wildman–Crippen LogP) is 2.52. The van der Waals surface area contributed by atoms with Gasteiger partial charge in [0.15, 0.2) is 5.96 Å². The number of aliphatic imine (C=N–C) groups is 1. The lowest BCUT2D eigenvalue weighted by Crippen LogP contribution is -2.38. The zero-order chi connectivity index (χ0) is 19.9. The molecule has 0 fully saturated rings. The Hall–Kier alpha value is -1.10. The molecule has 0 saturated heterocycles. The quantitative estimate of drug-likeness (QED) is 0.185. The van der Waals surface area contributed by atoms with Crippen molar-refractivity contribution < 1.29 is 14.2 Å². The number of ether oxygens (including phenoxy) is 3. The number of methoxy groups -OCH3 is 2.